The molecule has 0 heterocycles. The monoisotopic (exact) mass is 402 g/mol. The first-order valence-corrected chi connectivity index (χ1v) is 8.72. The molecule has 112 valence electrons. The molecule has 0 spiro atoms. The maximum absolute atomic E-state index is 12.1. The van der Waals surface area contributed by atoms with Gasteiger partial charge in [-0.3, -0.25) is 4.79 Å². The van der Waals surface area contributed by atoms with Crippen molar-refractivity contribution in [2.24, 2.45) is 0 Å². The minimum atomic E-state index is -3.95. The standard InChI is InChI=1S/C11H13BrCl2N2O3S/c1-2-3-15-10(17)6-16-20(18,19)11-8(13)4-7(12)5-9(11)14/h4-5,16H,2-3,6H2,1H3,(H,15,17). The second-order valence-corrected chi connectivity index (χ2v) is 7.31. The van der Waals surface area contributed by atoms with Crippen LogP contribution in [0.2, 0.25) is 10.0 Å². The Labute approximate surface area is 136 Å². The normalized spacial score (nSPS) is 11.4. The summed E-state index contributed by atoms with van der Waals surface area (Å²) in [6.45, 7) is 2.01. The van der Waals surface area contributed by atoms with E-state index in [2.05, 4.69) is 26.0 Å². The van der Waals surface area contributed by atoms with Crippen LogP contribution in [0.4, 0.5) is 0 Å². The maximum Gasteiger partial charge on any atom is 0.244 e. The Balaban J connectivity index is 2.87. The van der Waals surface area contributed by atoms with Crippen molar-refractivity contribution in [1.82, 2.24) is 10.0 Å². The number of carbonyl (C=O) groups is 1. The number of carbonyl (C=O) groups excluding carboxylic acids is 1. The molecule has 1 aromatic carbocycles. The molecule has 1 rings (SSSR count). The second-order valence-electron chi connectivity index (χ2n) is 3.87. The predicted octanol–water partition coefficient (Wildman–Crippen LogP) is 2.56. The lowest BCUT2D eigenvalue weighted by molar-refractivity contribution is -0.119. The molecular weight excluding hydrogens is 391 g/mol. The molecule has 20 heavy (non-hydrogen) atoms. The van der Waals surface area contributed by atoms with E-state index in [9.17, 15) is 13.2 Å². The third-order valence-electron chi connectivity index (χ3n) is 2.23. The van der Waals surface area contributed by atoms with Crippen LogP contribution in [-0.4, -0.2) is 27.4 Å². The Kier molecular flexibility index (Phi) is 6.74. The number of hydrogen-bond acceptors (Lipinski definition) is 3. The van der Waals surface area contributed by atoms with Crippen LogP contribution in [0.5, 0.6) is 0 Å². The minimum absolute atomic E-state index is 0.0224. The van der Waals surface area contributed by atoms with Crippen LogP contribution in [-0.2, 0) is 14.8 Å². The predicted molar refractivity (Wildman–Crippen MR) is 82.7 cm³/mol. The first kappa shape index (κ1) is 17.7. The molecule has 1 amide bonds. The van der Waals surface area contributed by atoms with Crippen molar-refractivity contribution in [3.05, 3.63) is 26.7 Å². The lowest BCUT2D eigenvalue weighted by Crippen LogP contribution is -2.37. The second kappa shape index (κ2) is 7.61. The van der Waals surface area contributed by atoms with Crippen molar-refractivity contribution < 1.29 is 13.2 Å². The summed E-state index contributed by atoms with van der Waals surface area (Å²) in [7, 11) is -3.95. The van der Waals surface area contributed by atoms with Crippen LogP contribution in [0.1, 0.15) is 13.3 Å². The number of halogens is 3. The van der Waals surface area contributed by atoms with E-state index in [4.69, 9.17) is 23.2 Å². The fraction of sp³-hybridized carbons (Fsp3) is 0.364. The Morgan fingerprint density at radius 3 is 2.35 bits per heavy atom. The summed E-state index contributed by atoms with van der Waals surface area (Å²) in [5.41, 5.74) is 0. The zero-order chi connectivity index (χ0) is 15.3. The van der Waals surface area contributed by atoms with Gasteiger partial charge in [-0.15, -0.1) is 0 Å². The van der Waals surface area contributed by atoms with E-state index >= 15 is 0 Å². The van der Waals surface area contributed by atoms with Gasteiger partial charge in [-0.1, -0.05) is 46.1 Å². The van der Waals surface area contributed by atoms with E-state index in [0.29, 0.717) is 11.0 Å². The van der Waals surface area contributed by atoms with Gasteiger partial charge in [-0.05, 0) is 18.6 Å². The smallest absolute Gasteiger partial charge is 0.244 e. The molecule has 0 aliphatic carbocycles. The molecule has 5 nitrogen and oxygen atoms in total. The molecular formula is C11H13BrCl2N2O3S. The Bertz CT molecular complexity index is 585. The molecule has 0 aliphatic rings. The van der Waals surface area contributed by atoms with Gasteiger partial charge < -0.3 is 5.32 Å². The van der Waals surface area contributed by atoms with E-state index in [1.165, 1.54) is 12.1 Å². The number of rotatable bonds is 6. The average molecular weight is 404 g/mol. The highest BCUT2D eigenvalue weighted by molar-refractivity contribution is 9.10. The van der Waals surface area contributed by atoms with Gasteiger partial charge in [-0.25, -0.2) is 13.1 Å². The number of amides is 1. The van der Waals surface area contributed by atoms with E-state index in [0.717, 1.165) is 6.42 Å². The van der Waals surface area contributed by atoms with Gasteiger partial charge in [0.15, 0.2) is 0 Å². The Morgan fingerprint density at radius 2 is 1.85 bits per heavy atom. The summed E-state index contributed by atoms with van der Waals surface area (Å²) in [5, 5.41) is 2.51. The van der Waals surface area contributed by atoms with Gasteiger partial charge in [0.05, 0.1) is 16.6 Å². The third-order valence-corrected chi connectivity index (χ3v) is 5.01. The van der Waals surface area contributed by atoms with Gasteiger partial charge in [-0.2, -0.15) is 0 Å². The molecule has 0 aromatic heterocycles. The molecule has 0 saturated heterocycles. The van der Waals surface area contributed by atoms with Crippen LogP contribution in [0.15, 0.2) is 21.5 Å². The van der Waals surface area contributed by atoms with Crippen molar-refractivity contribution in [2.75, 3.05) is 13.1 Å². The molecule has 0 bridgehead atoms. The van der Waals surface area contributed by atoms with E-state index in [1.807, 2.05) is 6.92 Å². The topological polar surface area (TPSA) is 75.3 Å². The fourth-order valence-corrected chi connectivity index (χ4v) is 4.26. The Hall–Kier alpha value is -0.340. The molecule has 0 saturated carbocycles. The summed E-state index contributed by atoms with van der Waals surface area (Å²) < 4.78 is 26.9. The van der Waals surface area contributed by atoms with Crippen molar-refractivity contribution in [2.45, 2.75) is 18.2 Å². The first-order chi connectivity index (χ1) is 9.27. The summed E-state index contributed by atoms with van der Waals surface area (Å²) >= 11 is 14.9. The lowest BCUT2D eigenvalue weighted by Gasteiger charge is -2.10. The summed E-state index contributed by atoms with van der Waals surface area (Å²) in [6.07, 6.45) is 0.767. The number of benzene rings is 1. The molecule has 9 heteroatoms. The van der Waals surface area contributed by atoms with Crippen molar-refractivity contribution in [3.63, 3.8) is 0 Å². The average Bonchev–Trinajstić information content (AvgIpc) is 2.32. The Morgan fingerprint density at radius 1 is 1.30 bits per heavy atom. The van der Waals surface area contributed by atoms with Crippen molar-refractivity contribution >= 4 is 55.1 Å². The zero-order valence-electron chi connectivity index (χ0n) is 10.5. The van der Waals surface area contributed by atoms with Crippen LogP contribution >= 0.6 is 39.1 Å². The van der Waals surface area contributed by atoms with Crippen LogP contribution in [0.3, 0.4) is 0 Å². The van der Waals surface area contributed by atoms with Crippen molar-refractivity contribution in [1.29, 1.82) is 0 Å². The molecule has 0 aliphatic heterocycles. The number of sulfonamides is 1. The number of nitrogens with one attached hydrogen (secondary N) is 2. The summed E-state index contributed by atoms with van der Waals surface area (Å²) in [5.74, 6) is -0.417. The largest absolute Gasteiger partial charge is 0.355 e. The van der Waals surface area contributed by atoms with Crippen LogP contribution < -0.4 is 10.0 Å². The highest BCUT2D eigenvalue weighted by Gasteiger charge is 2.22. The van der Waals surface area contributed by atoms with Crippen LogP contribution in [0, 0.1) is 0 Å². The third kappa shape index (κ3) is 4.89. The molecule has 1 aromatic rings. The van der Waals surface area contributed by atoms with Gasteiger partial charge in [0.1, 0.15) is 4.90 Å². The van der Waals surface area contributed by atoms with Gasteiger partial charge in [0, 0.05) is 11.0 Å². The van der Waals surface area contributed by atoms with E-state index in [-0.39, 0.29) is 21.5 Å². The summed E-state index contributed by atoms with van der Waals surface area (Å²) in [6, 6.07) is 2.83. The molecule has 0 unspecified atom stereocenters. The van der Waals surface area contributed by atoms with Gasteiger partial charge in [0.25, 0.3) is 0 Å². The quantitative estimate of drug-likeness (QED) is 0.766. The maximum atomic E-state index is 12.1. The van der Waals surface area contributed by atoms with Crippen LogP contribution in [0.25, 0.3) is 0 Å². The fourth-order valence-electron chi connectivity index (χ4n) is 1.35. The first-order valence-electron chi connectivity index (χ1n) is 5.69. The van der Waals surface area contributed by atoms with Gasteiger partial charge in [0.2, 0.25) is 15.9 Å². The zero-order valence-corrected chi connectivity index (χ0v) is 14.5. The lowest BCUT2D eigenvalue weighted by atomic mass is 10.4. The summed E-state index contributed by atoms with van der Waals surface area (Å²) in [4.78, 5) is 11.1. The number of hydrogen-bond donors (Lipinski definition) is 2. The molecule has 0 fully saturated rings. The minimum Gasteiger partial charge on any atom is -0.355 e. The highest BCUT2D eigenvalue weighted by Crippen LogP contribution is 2.32. The molecule has 2 N–H and O–H groups in total. The van der Waals surface area contributed by atoms with E-state index in [1.54, 1.807) is 0 Å². The highest BCUT2D eigenvalue weighted by atomic mass is 79.9. The SMILES string of the molecule is CCCNC(=O)CNS(=O)(=O)c1c(Cl)cc(Br)cc1Cl. The van der Waals surface area contributed by atoms with Gasteiger partial charge >= 0.3 is 0 Å². The van der Waals surface area contributed by atoms with Crippen molar-refractivity contribution in [3.8, 4) is 0 Å². The molecule has 0 radical (unpaired) electrons. The molecule has 0 atom stereocenters. The van der Waals surface area contributed by atoms with E-state index < -0.39 is 15.9 Å².